The van der Waals surface area contributed by atoms with Gasteiger partial charge in [-0.05, 0) is 0 Å². The van der Waals surface area contributed by atoms with Crippen molar-refractivity contribution in [2.45, 2.75) is 63.2 Å². The van der Waals surface area contributed by atoms with E-state index < -0.39 is 72.8 Å². The van der Waals surface area contributed by atoms with E-state index >= 15 is 0 Å². The van der Waals surface area contributed by atoms with Crippen molar-refractivity contribution in [2.75, 3.05) is 6.61 Å². The van der Waals surface area contributed by atoms with Gasteiger partial charge in [-0.3, -0.25) is 14.4 Å². The van der Waals surface area contributed by atoms with Crippen LogP contribution in [-0.2, 0) is 33.4 Å². The van der Waals surface area contributed by atoms with Crippen LogP contribution < -0.4 is 11.1 Å². The second kappa shape index (κ2) is 9.21. The van der Waals surface area contributed by atoms with Gasteiger partial charge in [-0.2, -0.15) is 4.39 Å². The summed E-state index contributed by atoms with van der Waals surface area (Å²) in [6.45, 7) is 1.94. The number of nitrogens with one attached hydrogen (secondary N) is 1. The predicted octanol–water partition coefficient (Wildman–Crippen LogP) is -1.84. The van der Waals surface area contributed by atoms with Crippen LogP contribution in [0, 0.1) is 0 Å². The summed E-state index contributed by atoms with van der Waals surface area (Å²) in [6.07, 6.45) is -8.30. The van der Waals surface area contributed by atoms with E-state index in [9.17, 15) is 33.1 Å². The number of aliphatic hydroxyl groups excluding tert-OH is 1. The number of nitrogens with two attached hydrogens (primary N) is 1. The lowest BCUT2D eigenvalue weighted by atomic mass is 9.86. The topological polar surface area (TPSA) is 174 Å². The molecule has 0 aromatic heterocycles. The number of carboxylic acids is 1. The second-order valence-corrected chi connectivity index (χ2v) is 6.14. The lowest BCUT2D eigenvalue weighted by Gasteiger charge is -2.46. The van der Waals surface area contributed by atoms with E-state index in [2.05, 4.69) is 5.32 Å². The molecule has 1 fully saturated rings. The molecule has 0 bridgehead atoms. The molecule has 3 unspecified atom stereocenters. The molecule has 1 amide bonds. The van der Waals surface area contributed by atoms with Gasteiger partial charge in [-0.25, -0.2) is 9.18 Å². The Labute approximate surface area is 158 Å². The summed E-state index contributed by atoms with van der Waals surface area (Å²) < 4.78 is 43.6. The number of carbonyl (C=O) groups is 4. The first-order valence-corrected chi connectivity index (χ1v) is 8.07. The van der Waals surface area contributed by atoms with Crippen molar-refractivity contribution >= 4 is 23.8 Å². The first-order chi connectivity index (χ1) is 12.8. The lowest BCUT2D eigenvalue weighted by Crippen LogP contribution is -2.73. The number of carbonyl (C=O) groups excluding carboxylic acids is 3. The van der Waals surface area contributed by atoms with Gasteiger partial charge in [0.05, 0.1) is 18.7 Å². The van der Waals surface area contributed by atoms with Crippen molar-refractivity contribution in [1.82, 2.24) is 5.32 Å². The minimum atomic E-state index is -3.95. The van der Waals surface area contributed by atoms with E-state index in [0.29, 0.717) is 0 Å². The molecule has 1 aliphatic rings. The molecule has 0 aromatic rings. The maximum Gasteiger partial charge on any atom is 0.372 e. The molecule has 160 valence electrons. The number of halogens is 2. The normalized spacial score (nSPS) is 32.0. The molecule has 1 aliphatic heterocycles. The van der Waals surface area contributed by atoms with Gasteiger partial charge < -0.3 is 35.5 Å². The fourth-order valence-corrected chi connectivity index (χ4v) is 2.81. The minimum absolute atomic E-state index is 0.766. The minimum Gasteiger partial charge on any atom is -0.477 e. The average Bonchev–Trinajstić information content (AvgIpc) is 2.57. The molecule has 7 atom stereocenters. The van der Waals surface area contributed by atoms with Crippen molar-refractivity contribution in [3.05, 3.63) is 0 Å². The standard InChI is InChI=1S/C15H22F2N2O9/c1-5(21)19-10-9(18)13(16)15(17,14(24)25)28-12(10)11(27-7(3)23)8(4-20)26-6(2)22/h8-13,20H,4,18H2,1-3H3,(H,19,21)(H,24,25)/t8-,9?,10-,11-,12?,13?,15-/m1/s1. The first kappa shape index (κ1) is 23.7. The Balaban J connectivity index is 3.46. The van der Waals surface area contributed by atoms with Gasteiger partial charge in [0.1, 0.15) is 6.10 Å². The number of carboxylic acid groups (broad SMARTS) is 1. The Morgan fingerprint density at radius 3 is 2.14 bits per heavy atom. The summed E-state index contributed by atoms with van der Waals surface area (Å²) >= 11 is 0. The highest BCUT2D eigenvalue weighted by molar-refractivity contribution is 5.77. The third-order valence-corrected chi connectivity index (χ3v) is 3.92. The lowest BCUT2D eigenvalue weighted by molar-refractivity contribution is -0.278. The van der Waals surface area contributed by atoms with Crippen molar-refractivity contribution in [3.63, 3.8) is 0 Å². The summed E-state index contributed by atoms with van der Waals surface area (Å²) in [5.74, 6) is -9.00. The molecule has 1 heterocycles. The third-order valence-electron chi connectivity index (χ3n) is 3.92. The Morgan fingerprint density at radius 1 is 1.21 bits per heavy atom. The highest BCUT2D eigenvalue weighted by atomic mass is 19.2. The third kappa shape index (κ3) is 5.11. The Bertz CT molecular complexity index is 635. The van der Waals surface area contributed by atoms with Gasteiger partial charge in [0.25, 0.3) is 0 Å². The van der Waals surface area contributed by atoms with Crippen molar-refractivity contribution < 1.29 is 52.4 Å². The van der Waals surface area contributed by atoms with Crippen LogP contribution in [0.4, 0.5) is 8.78 Å². The summed E-state index contributed by atoms with van der Waals surface area (Å²) in [4.78, 5) is 45.4. The summed E-state index contributed by atoms with van der Waals surface area (Å²) in [5, 5.41) is 20.7. The number of amides is 1. The molecule has 0 aliphatic carbocycles. The fraction of sp³-hybridized carbons (Fsp3) is 0.733. The number of hydrogen-bond acceptors (Lipinski definition) is 9. The molecule has 0 saturated carbocycles. The zero-order chi connectivity index (χ0) is 21.8. The zero-order valence-electron chi connectivity index (χ0n) is 15.3. The van der Waals surface area contributed by atoms with Gasteiger partial charge in [-0.15, -0.1) is 0 Å². The van der Waals surface area contributed by atoms with Gasteiger partial charge in [0.15, 0.2) is 18.4 Å². The van der Waals surface area contributed by atoms with E-state index in [4.69, 9.17) is 25.1 Å². The number of aliphatic carboxylic acids is 1. The molecule has 11 nitrogen and oxygen atoms in total. The van der Waals surface area contributed by atoms with E-state index in [-0.39, 0.29) is 0 Å². The SMILES string of the molecule is CC(=O)N[C@@H]1C(N)C(F)[C@](F)(C(=O)O)OC1[C@H](OC(C)=O)[C@@H](CO)OC(C)=O. The number of hydrogen-bond donors (Lipinski definition) is 4. The summed E-state index contributed by atoms with van der Waals surface area (Å²) in [6, 6.07) is -3.54. The van der Waals surface area contributed by atoms with E-state index in [1.807, 2.05) is 0 Å². The molecule has 28 heavy (non-hydrogen) atoms. The van der Waals surface area contributed by atoms with Crippen LogP contribution >= 0.6 is 0 Å². The molecular formula is C15H22F2N2O9. The first-order valence-electron chi connectivity index (χ1n) is 8.07. The number of rotatable bonds is 7. The molecule has 0 radical (unpaired) electrons. The highest BCUT2D eigenvalue weighted by Gasteiger charge is 2.63. The quantitative estimate of drug-likeness (QED) is 0.348. The summed E-state index contributed by atoms with van der Waals surface area (Å²) in [5.41, 5.74) is 5.60. The maximum atomic E-state index is 14.7. The zero-order valence-corrected chi connectivity index (χ0v) is 15.3. The van der Waals surface area contributed by atoms with Crippen LogP contribution in [0.3, 0.4) is 0 Å². The average molecular weight is 412 g/mol. The van der Waals surface area contributed by atoms with Gasteiger partial charge in [-0.1, -0.05) is 0 Å². The monoisotopic (exact) mass is 412 g/mol. The Hall–Kier alpha value is -2.38. The van der Waals surface area contributed by atoms with Crippen molar-refractivity contribution in [2.24, 2.45) is 5.73 Å². The van der Waals surface area contributed by atoms with Crippen LogP contribution in [0.25, 0.3) is 0 Å². The number of esters is 2. The maximum absolute atomic E-state index is 14.7. The molecule has 0 aromatic carbocycles. The van der Waals surface area contributed by atoms with E-state index in [0.717, 1.165) is 20.8 Å². The predicted molar refractivity (Wildman–Crippen MR) is 85.0 cm³/mol. The van der Waals surface area contributed by atoms with Crippen molar-refractivity contribution in [3.8, 4) is 0 Å². The molecule has 0 spiro atoms. The molecular weight excluding hydrogens is 390 g/mol. The summed E-state index contributed by atoms with van der Waals surface area (Å²) in [7, 11) is 0. The largest absolute Gasteiger partial charge is 0.477 e. The Kier molecular flexibility index (Phi) is 7.78. The molecule has 13 heteroatoms. The van der Waals surface area contributed by atoms with Crippen LogP contribution in [0.1, 0.15) is 20.8 Å². The molecule has 1 rings (SSSR count). The number of ether oxygens (including phenoxy) is 3. The van der Waals surface area contributed by atoms with Crippen LogP contribution in [0.5, 0.6) is 0 Å². The van der Waals surface area contributed by atoms with Crippen LogP contribution in [-0.4, -0.2) is 83.1 Å². The van der Waals surface area contributed by atoms with Gasteiger partial charge in [0.2, 0.25) is 5.91 Å². The number of aliphatic hydroxyl groups is 1. The highest BCUT2D eigenvalue weighted by Crippen LogP contribution is 2.36. The van der Waals surface area contributed by atoms with Crippen LogP contribution in [0.15, 0.2) is 0 Å². The van der Waals surface area contributed by atoms with Crippen molar-refractivity contribution in [1.29, 1.82) is 0 Å². The van der Waals surface area contributed by atoms with E-state index in [1.54, 1.807) is 0 Å². The van der Waals surface area contributed by atoms with E-state index in [1.165, 1.54) is 0 Å². The smallest absolute Gasteiger partial charge is 0.372 e. The Morgan fingerprint density at radius 2 is 1.75 bits per heavy atom. The molecule has 5 N–H and O–H groups in total. The second-order valence-electron chi connectivity index (χ2n) is 6.14. The number of alkyl halides is 2. The van der Waals surface area contributed by atoms with Gasteiger partial charge in [0, 0.05) is 20.8 Å². The molecule has 1 saturated heterocycles. The van der Waals surface area contributed by atoms with Crippen LogP contribution in [0.2, 0.25) is 0 Å². The van der Waals surface area contributed by atoms with Gasteiger partial charge >= 0.3 is 23.8 Å². The fourth-order valence-electron chi connectivity index (χ4n) is 2.81.